The summed E-state index contributed by atoms with van der Waals surface area (Å²) in [5.74, 6) is 6.06. The van der Waals surface area contributed by atoms with Gasteiger partial charge in [-0.15, -0.1) is 0 Å². The minimum Gasteiger partial charge on any atom is -0.398 e. The molecule has 0 bridgehead atoms. The molecule has 2 unspecified atom stereocenters. The minimum atomic E-state index is 0.0114. The first-order valence-electron chi connectivity index (χ1n) is 6.55. The van der Waals surface area contributed by atoms with Gasteiger partial charge in [0.05, 0.1) is 6.04 Å². The summed E-state index contributed by atoms with van der Waals surface area (Å²) in [6.45, 7) is 0. The van der Waals surface area contributed by atoms with Crippen LogP contribution >= 0.6 is 0 Å². The highest BCUT2D eigenvalue weighted by Gasteiger charge is 2.32. The van der Waals surface area contributed by atoms with E-state index in [1.54, 1.807) is 0 Å². The third-order valence-electron chi connectivity index (χ3n) is 3.91. The van der Waals surface area contributed by atoms with Gasteiger partial charge >= 0.3 is 0 Å². The second-order valence-corrected chi connectivity index (χ2v) is 4.97. The molecule has 19 heavy (non-hydrogen) atoms. The van der Waals surface area contributed by atoms with Gasteiger partial charge in [0.1, 0.15) is 0 Å². The summed E-state index contributed by atoms with van der Waals surface area (Å²) >= 11 is 0. The fourth-order valence-electron chi connectivity index (χ4n) is 2.99. The van der Waals surface area contributed by atoms with Crippen molar-refractivity contribution in [3.8, 4) is 0 Å². The van der Waals surface area contributed by atoms with Crippen molar-refractivity contribution in [3.63, 3.8) is 0 Å². The predicted octanol–water partition coefficient (Wildman–Crippen LogP) is 1.90. The van der Waals surface area contributed by atoms with Crippen LogP contribution in [0, 0.1) is 0 Å². The zero-order valence-corrected chi connectivity index (χ0v) is 10.7. The number of hydrazine groups is 1. The Balaban J connectivity index is 1.99. The standard InChI is InChI=1S/C15H18N4/c16-13-6-2-1-5-11(13)15(19-17)12-8-7-10-4-3-9-18-14(10)12/h1-6,9,12,15,19H,7-8,16-17H2. The molecule has 1 aliphatic carbocycles. The number of nitrogen functional groups attached to an aromatic ring is 1. The molecular formula is C15H18N4. The van der Waals surface area contributed by atoms with Crippen molar-refractivity contribution in [2.75, 3.05) is 5.73 Å². The van der Waals surface area contributed by atoms with Gasteiger partial charge in [0.15, 0.2) is 0 Å². The topological polar surface area (TPSA) is 77.0 Å². The second-order valence-electron chi connectivity index (χ2n) is 4.97. The largest absolute Gasteiger partial charge is 0.398 e. The van der Waals surface area contributed by atoms with Gasteiger partial charge < -0.3 is 5.73 Å². The maximum absolute atomic E-state index is 6.07. The van der Waals surface area contributed by atoms with Crippen LogP contribution < -0.4 is 17.0 Å². The minimum absolute atomic E-state index is 0.0114. The first kappa shape index (κ1) is 12.1. The summed E-state index contributed by atoms with van der Waals surface area (Å²) in [7, 11) is 0. The van der Waals surface area contributed by atoms with Gasteiger partial charge in [0.2, 0.25) is 0 Å². The third-order valence-corrected chi connectivity index (χ3v) is 3.91. The Labute approximate surface area is 112 Å². The predicted molar refractivity (Wildman–Crippen MR) is 76.2 cm³/mol. The van der Waals surface area contributed by atoms with Crippen LogP contribution in [0.4, 0.5) is 5.69 Å². The summed E-state index contributed by atoms with van der Waals surface area (Å²) < 4.78 is 0. The number of nitrogens with zero attached hydrogens (tertiary/aromatic N) is 1. The lowest BCUT2D eigenvalue weighted by atomic mass is 9.90. The number of anilines is 1. The number of aromatic nitrogens is 1. The van der Waals surface area contributed by atoms with Crippen LogP contribution in [0.3, 0.4) is 0 Å². The van der Waals surface area contributed by atoms with Gasteiger partial charge in [-0.3, -0.25) is 16.3 Å². The number of rotatable bonds is 3. The number of fused-ring (bicyclic) bond motifs is 1. The molecule has 2 aromatic rings. The lowest BCUT2D eigenvalue weighted by molar-refractivity contribution is 0.448. The molecule has 98 valence electrons. The SMILES string of the molecule is NNC(c1ccccc1N)C1CCc2cccnc21. The van der Waals surface area contributed by atoms with E-state index >= 15 is 0 Å². The van der Waals surface area contributed by atoms with Crippen molar-refractivity contribution < 1.29 is 0 Å². The van der Waals surface area contributed by atoms with Crippen molar-refractivity contribution in [2.45, 2.75) is 24.8 Å². The summed E-state index contributed by atoms with van der Waals surface area (Å²) in [5.41, 5.74) is 13.3. The number of nitrogens with two attached hydrogens (primary N) is 2. The van der Waals surface area contributed by atoms with Crippen molar-refractivity contribution in [1.29, 1.82) is 0 Å². The van der Waals surface area contributed by atoms with E-state index in [1.165, 1.54) is 5.56 Å². The molecule has 4 heteroatoms. The first-order valence-corrected chi connectivity index (χ1v) is 6.55. The van der Waals surface area contributed by atoms with E-state index in [0.717, 1.165) is 29.8 Å². The molecule has 5 N–H and O–H groups in total. The fraction of sp³-hybridized carbons (Fsp3) is 0.267. The number of aryl methyl sites for hydroxylation is 1. The lowest BCUT2D eigenvalue weighted by Gasteiger charge is -2.24. The molecule has 1 heterocycles. The summed E-state index contributed by atoms with van der Waals surface area (Å²) in [6, 6.07) is 12.0. The molecule has 0 radical (unpaired) electrons. The van der Waals surface area contributed by atoms with E-state index in [0.29, 0.717) is 0 Å². The Morgan fingerprint density at radius 2 is 2.05 bits per heavy atom. The van der Waals surface area contributed by atoms with E-state index in [9.17, 15) is 0 Å². The number of nitrogens with one attached hydrogen (secondary N) is 1. The highest BCUT2D eigenvalue weighted by atomic mass is 15.2. The van der Waals surface area contributed by atoms with Crippen LogP contribution in [0.15, 0.2) is 42.6 Å². The molecule has 1 aromatic heterocycles. The van der Waals surface area contributed by atoms with E-state index in [2.05, 4.69) is 16.5 Å². The average Bonchev–Trinajstić information content (AvgIpc) is 2.86. The van der Waals surface area contributed by atoms with Gasteiger partial charge in [-0.25, -0.2) is 0 Å². The fourth-order valence-corrected chi connectivity index (χ4v) is 2.99. The number of pyridine rings is 1. The number of benzene rings is 1. The smallest absolute Gasteiger partial charge is 0.0564 e. The Morgan fingerprint density at radius 3 is 2.84 bits per heavy atom. The van der Waals surface area contributed by atoms with E-state index < -0.39 is 0 Å². The summed E-state index contributed by atoms with van der Waals surface area (Å²) in [5, 5.41) is 0. The normalized spacial score (nSPS) is 19.1. The Kier molecular flexibility index (Phi) is 3.19. The Morgan fingerprint density at radius 1 is 1.21 bits per heavy atom. The zero-order valence-electron chi connectivity index (χ0n) is 10.7. The van der Waals surface area contributed by atoms with Gasteiger partial charge in [-0.1, -0.05) is 24.3 Å². The molecule has 0 spiro atoms. The van der Waals surface area contributed by atoms with Crippen LogP contribution in [-0.4, -0.2) is 4.98 Å². The van der Waals surface area contributed by atoms with Crippen molar-refractivity contribution in [2.24, 2.45) is 5.84 Å². The van der Waals surface area contributed by atoms with Gasteiger partial charge in [-0.2, -0.15) is 0 Å². The number of hydrogen-bond acceptors (Lipinski definition) is 4. The molecule has 0 aliphatic heterocycles. The number of hydrogen-bond donors (Lipinski definition) is 3. The average molecular weight is 254 g/mol. The van der Waals surface area contributed by atoms with Crippen molar-refractivity contribution in [1.82, 2.24) is 10.4 Å². The molecule has 0 fully saturated rings. The molecular weight excluding hydrogens is 236 g/mol. The Hall–Kier alpha value is -1.91. The number of para-hydroxylation sites is 1. The van der Waals surface area contributed by atoms with E-state index in [4.69, 9.17) is 11.6 Å². The molecule has 0 amide bonds. The maximum Gasteiger partial charge on any atom is 0.0564 e. The van der Waals surface area contributed by atoms with Gasteiger partial charge in [0, 0.05) is 23.5 Å². The third kappa shape index (κ3) is 2.09. The first-order chi connectivity index (χ1) is 9.31. The van der Waals surface area contributed by atoms with Crippen molar-refractivity contribution in [3.05, 3.63) is 59.4 Å². The quantitative estimate of drug-likeness (QED) is 0.444. The molecule has 3 rings (SSSR count). The zero-order chi connectivity index (χ0) is 13.2. The molecule has 4 nitrogen and oxygen atoms in total. The van der Waals surface area contributed by atoms with E-state index in [-0.39, 0.29) is 12.0 Å². The summed E-state index contributed by atoms with van der Waals surface area (Å²) in [6.07, 6.45) is 3.95. The molecule has 1 aromatic carbocycles. The van der Waals surface area contributed by atoms with Crippen LogP contribution in [0.2, 0.25) is 0 Å². The van der Waals surface area contributed by atoms with Crippen molar-refractivity contribution >= 4 is 5.69 Å². The lowest BCUT2D eigenvalue weighted by Crippen LogP contribution is -2.32. The molecule has 2 atom stereocenters. The monoisotopic (exact) mass is 254 g/mol. The van der Waals surface area contributed by atoms with Gasteiger partial charge in [-0.05, 0) is 36.1 Å². The highest BCUT2D eigenvalue weighted by Crippen LogP contribution is 2.41. The molecule has 0 saturated carbocycles. The highest BCUT2D eigenvalue weighted by molar-refractivity contribution is 5.49. The van der Waals surface area contributed by atoms with Crippen LogP contribution in [0.1, 0.15) is 35.2 Å². The summed E-state index contributed by atoms with van der Waals surface area (Å²) in [4.78, 5) is 4.53. The molecule has 0 saturated heterocycles. The van der Waals surface area contributed by atoms with Crippen LogP contribution in [0.25, 0.3) is 0 Å². The van der Waals surface area contributed by atoms with E-state index in [1.807, 2.05) is 36.5 Å². The molecule has 1 aliphatic rings. The van der Waals surface area contributed by atoms with Gasteiger partial charge in [0.25, 0.3) is 0 Å². The maximum atomic E-state index is 6.07. The van der Waals surface area contributed by atoms with Crippen LogP contribution in [0.5, 0.6) is 0 Å². The Bertz CT molecular complexity index is 582. The van der Waals surface area contributed by atoms with Crippen LogP contribution in [-0.2, 0) is 6.42 Å². The second kappa shape index (κ2) is 4.99.